The third kappa shape index (κ3) is 6.54. The normalized spacial score (nSPS) is 10.7. The predicted molar refractivity (Wildman–Crippen MR) is 112 cm³/mol. The molecular formula is C21H18F3N3O3S. The van der Waals surface area contributed by atoms with Gasteiger partial charge in [0.1, 0.15) is 11.6 Å². The van der Waals surface area contributed by atoms with Gasteiger partial charge in [-0.25, -0.2) is 9.37 Å². The molecular weight excluding hydrogens is 431 g/mol. The van der Waals surface area contributed by atoms with Crippen LogP contribution in [0.5, 0.6) is 5.75 Å². The highest BCUT2D eigenvalue weighted by Crippen LogP contribution is 2.31. The summed E-state index contributed by atoms with van der Waals surface area (Å²) < 4.78 is 42.2. The summed E-state index contributed by atoms with van der Waals surface area (Å²) in [7, 11) is 0. The molecule has 0 fully saturated rings. The SMILES string of the molecule is CC(=O)Nc1cc(F)ccc1-c1csc(NC(=O)CCc2ccc(OC(F)F)cc2)n1. The van der Waals surface area contributed by atoms with Crippen LogP contribution in [-0.2, 0) is 16.0 Å². The van der Waals surface area contributed by atoms with E-state index in [1.54, 1.807) is 17.5 Å². The van der Waals surface area contributed by atoms with Gasteiger partial charge in [-0.15, -0.1) is 11.3 Å². The van der Waals surface area contributed by atoms with Crippen molar-refractivity contribution in [1.82, 2.24) is 4.98 Å². The summed E-state index contributed by atoms with van der Waals surface area (Å²) in [5.41, 5.74) is 2.09. The molecule has 3 rings (SSSR count). The molecule has 3 aromatic rings. The summed E-state index contributed by atoms with van der Waals surface area (Å²) in [6.07, 6.45) is 0.571. The maximum atomic E-state index is 13.5. The van der Waals surface area contributed by atoms with Gasteiger partial charge in [0, 0.05) is 24.3 Å². The summed E-state index contributed by atoms with van der Waals surface area (Å²) >= 11 is 1.20. The Balaban J connectivity index is 1.60. The van der Waals surface area contributed by atoms with Crippen molar-refractivity contribution in [2.45, 2.75) is 26.4 Å². The van der Waals surface area contributed by atoms with Crippen molar-refractivity contribution in [2.75, 3.05) is 10.6 Å². The average Bonchev–Trinajstić information content (AvgIpc) is 3.15. The van der Waals surface area contributed by atoms with E-state index in [-0.39, 0.29) is 29.7 Å². The van der Waals surface area contributed by atoms with E-state index in [1.807, 2.05) is 0 Å². The van der Waals surface area contributed by atoms with Crippen molar-refractivity contribution in [3.8, 4) is 17.0 Å². The Morgan fingerprint density at radius 2 is 1.87 bits per heavy atom. The first-order valence-electron chi connectivity index (χ1n) is 9.17. The monoisotopic (exact) mass is 449 g/mol. The minimum Gasteiger partial charge on any atom is -0.435 e. The number of alkyl halides is 2. The van der Waals surface area contributed by atoms with Crippen LogP contribution >= 0.6 is 11.3 Å². The molecule has 10 heteroatoms. The molecule has 31 heavy (non-hydrogen) atoms. The zero-order valence-electron chi connectivity index (χ0n) is 16.3. The molecule has 162 valence electrons. The molecule has 0 aliphatic heterocycles. The Labute approximate surface area is 180 Å². The maximum absolute atomic E-state index is 13.5. The van der Waals surface area contributed by atoms with Crippen molar-refractivity contribution >= 4 is 34.0 Å². The summed E-state index contributed by atoms with van der Waals surface area (Å²) in [5, 5.41) is 7.31. The molecule has 0 saturated carbocycles. The number of nitrogens with zero attached hydrogens (tertiary/aromatic N) is 1. The Morgan fingerprint density at radius 3 is 2.55 bits per heavy atom. The number of rotatable bonds is 8. The van der Waals surface area contributed by atoms with Gasteiger partial charge in [0.15, 0.2) is 5.13 Å². The first-order chi connectivity index (χ1) is 14.8. The zero-order valence-corrected chi connectivity index (χ0v) is 17.1. The molecule has 0 spiro atoms. The molecule has 0 saturated heterocycles. The van der Waals surface area contributed by atoms with Gasteiger partial charge < -0.3 is 15.4 Å². The molecule has 0 aliphatic rings. The van der Waals surface area contributed by atoms with Gasteiger partial charge in [-0.3, -0.25) is 9.59 Å². The number of halogens is 3. The molecule has 0 aliphatic carbocycles. The number of ether oxygens (including phenoxy) is 1. The molecule has 0 unspecified atom stereocenters. The fraction of sp³-hybridized carbons (Fsp3) is 0.190. The third-order valence-corrected chi connectivity index (χ3v) is 4.87. The first-order valence-corrected chi connectivity index (χ1v) is 10.0. The van der Waals surface area contributed by atoms with E-state index in [4.69, 9.17) is 0 Å². The summed E-state index contributed by atoms with van der Waals surface area (Å²) in [6.45, 7) is -1.56. The number of benzene rings is 2. The van der Waals surface area contributed by atoms with E-state index in [0.717, 1.165) is 5.56 Å². The summed E-state index contributed by atoms with van der Waals surface area (Å²) in [6, 6.07) is 10.0. The van der Waals surface area contributed by atoms with Crippen LogP contribution in [0.25, 0.3) is 11.3 Å². The standard InChI is InChI=1S/C21H18F3N3O3S/c1-12(28)25-17-10-14(22)5-8-16(17)18-11-31-21(26-18)27-19(29)9-4-13-2-6-15(7-3-13)30-20(23)24/h2-3,5-8,10-11,20H,4,9H2,1H3,(H,25,28)(H,26,27,29). The van der Waals surface area contributed by atoms with Crippen molar-refractivity contribution in [3.05, 3.63) is 59.2 Å². The van der Waals surface area contributed by atoms with Crippen LogP contribution in [0.15, 0.2) is 47.8 Å². The molecule has 2 amide bonds. The van der Waals surface area contributed by atoms with Gasteiger partial charge in [0.05, 0.1) is 11.4 Å². The lowest BCUT2D eigenvalue weighted by atomic mass is 10.1. The van der Waals surface area contributed by atoms with E-state index in [2.05, 4.69) is 20.4 Å². The van der Waals surface area contributed by atoms with Crippen molar-refractivity contribution in [1.29, 1.82) is 0 Å². The predicted octanol–water partition coefficient (Wildman–Crippen LogP) is 5.08. The smallest absolute Gasteiger partial charge is 0.387 e. The number of hydrogen-bond acceptors (Lipinski definition) is 5. The minimum atomic E-state index is -2.89. The van der Waals surface area contributed by atoms with Crippen molar-refractivity contribution in [3.63, 3.8) is 0 Å². The van der Waals surface area contributed by atoms with Crippen LogP contribution in [0.3, 0.4) is 0 Å². The minimum absolute atomic E-state index is 0.0536. The lowest BCUT2D eigenvalue weighted by Gasteiger charge is -2.08. The quantitative estimate of drug-likeness (QED) is 0.503. The van der Waals surface area contributed by atoms with Crippen molar-refractivity contribution < 1.29 is 27.5 Å². The van der Waals surface area contributed by atoms with Crippen LogP contribution in [0, 0.1) is 5.82 Å². The van der Waals surface area contributed by atoms with E-state index < -0.39 is 12.4 Å². The van der Waals surface area contributed by atoms with E-state index >= 15 is 0 Å². The third-order valence-electron chi connectivity index (χ3n) is 4.11. The molecule has 1 aromatic heterocycles. The number of aryl methyl sites for hydroxylation is 1. The van der Waals surface area contributed by atoms with Gasteiger partial charge in [0.2, 0.25) is 11.8 Å². The fourth-order valence-electron chi connectivity index (χ4n) is 2.76. The molecule has 0 radical (unpaired) electrons. The lowest BCUT2D eigenvalue weighted by molar-refractivity contribution is -0.116. The first kappa shape index (κ1) is 22.3. The van der Waals surface area contributed by atoms with Gasteiger partial charge >= 0.3 is 6.61 Å². The Hall–Kier alpha value is -3.40. The van der Waals surface area contributed by atoms with Crippen LogP contribution in [0.4, 0.5) is 24.0 Å². The number of amides is 2. The number of thiazole rings is 1. The van der Waals surface area contributed by atoms with Crippen LogP contribution < -0.4 is 15.4 Å². The molecule has 1 heterocycles. The molecule has 2 N–H and O–H groups in total. The Bertz CT molecular complexity index is 1070. The fourth-order valence-corrected chi connectivity index (χ4v) is 3.49. The van der Waals surface area contributed by atoms with E-state index in [0.29, 0.717) is 22.8 Å². The number of carbonyl (C=O) groups excluding carboxylic acids is 2. The molecule has 2 aromatic carbocycles. The van der Waals surface area contributed by atoms with Crippen LogP contribution in [0.1, 0.15) is 18.9 Å². The molecule has 0 bridgehead atoms. The highest BCUT2D eigenvalue weighted by molar-refractivity contribution is 7.14. The van der Waals surface area contributed by atoms with Gasteiger partial charge in [0.25, 0.3) is 0 Å². The lowest BCUT2D eigenvalue weighted by Crippen LogP contribution is -2.12. The second kappa shape index (κ2) is 10.1. The second-order valence-corrected chi connectivity index (χ2v) is 7.34. The zero-order chi connectivity index (χ0) is 22.4. The highest BCUT2D eigenvalue weighted by Gasteiger charge is 2.13. The number of carbonyl (C=O) groups is 2. The highest BCUT2D eigenvalue weighted by atomic mass is 32.1. The van der Waals surface area contributed by atoms with Gasteiger partial charge in [-0.2, -0.15) is 8.78 Å². The number of nitrogens with one attached hydrogen (secondary N) is 2. The van der Waals surface area contributed by atoms with E-state index in [1.165, 1.54) is 48.6 Å². The summed E-state index contributed by atoms with van der Waals surface area (Å²) in [5.74, 6) is -1.05. The second-order valence-electron chi connectivity index (χ2n) is 6.48. The van der Waals surface area contributed by atoms with Crippen molar-refractivity contribution in [2.24, 2.45) is 0 Å². The largest absolute Gasteiger partial charge is 0.435 e. The van der Waals surface area contributed by atoms with Crippen LogP contribution in [0.2, 0.25) is 0 Å². The number of aromatic nitrogens is 1. The Morgan fingerprint density at radius 1 is 1.13 bits per heavy atom. The number of hydrogen-bond donors (Lipinski definition) is 2. The van der Waals surface area contributed by atoms with Crippen LogP contribution in [-0.4, -0.2) is 23.4 Å². The summed E-state index contributed by atoms with van der Waals surface area (Å²) in [4.78, 5) is 27.9. The van der Waals surface area contributed by atoms with Gasteiger partial charge in [-0.1, -0.05) is 12.1 Å². The Kier molecular flexibility index (Phi) is 7.24. The van der Waals surface area contributed by atoms with Gasteiger partial charge in [-0.05, 0) is 42.3 Å². The maximum Gasteiger partial charge on any atom is 0.387 e. The number of anilines is 2. The van der Waals surface area contributed by atoms with E-state index in [9.17, 15) is 22.8 Å². The molecule has 6 nitrogen and oxygen atoms in total. The topological polar surface area (TPSA) is 80.3 Å². The average molecular weight is 449 g/mol. The molecule has 0 atom stereocenters.